The summed E-state index contributed by atoms with van der Waals surface area (Å²) in [5, 5.41) is 2.91. The lowest BCUT2D eigenvalue weighted by Crippen LogP contribution is -2.35. The predicted molar refractivity (Wildman–Crippen MR) is 93.4 cm³/mol. The predicted octanol–water partition coefficient (Wildman–Crippen LogP) is 2.57. The number of carbonyl (C=O) groups is 3. The van der Waals surface area contributed by atoms with Crippen molar-refractivity contribution in [2.45, 2.75) is 25.3 Å². The molecule has 1 atom stereocenters. The quantitative estimate of drug-likeness (QED) is 0.811. The summed E-state index contributed by atoms with van der Waals surface area (Å²) in [5.74, 6) is -1.10. The number of nitrogens with zero attached hydrogens (tertiary/aromatic N) is 1. The summed E-state index contributed by atoms with van der Waals surface area (Å²) in [5.41, 5.74) is 1.61. The van der Waals surface area contributed by atoms with Crippen LogP contribution in [0.5, 0.6) is 0 Å². The third-order valence-corrected chi connectivity index (χ3v) is 4.36. The van der Waals surface area contributed by atoms with Crippen molar-refractivity contribution in [2.24, 2.45) is 0 Å². The molecule has 1 unspecified atom stereocenters. The fourth-order valence-electron chi connectivity index (χ4n) is 2.98. The molecular formula is C20H19FN2O3. The highest BCUT2D eigenvalue weighted by Crippen LogP contribution is 2.22. The van der Waals surface area contributed by atoms with Crippen LogP contribution in [0.2, 0.25) is 0 Å². The van der Waals surface area contributed by atoms with Gasteiger partial charge in [-0.1, -0.05) is 42.5 Å². The SMILES string of the molecule is O=C(CCN1C(=O)CCC1=O)NC(c1ccccc1)c1ccc(F)cc1. The number of carbonyl (C=O) groups excluding carboxylic acids is 3. The van der Waals surface area contributed by atoms with E-state index in [9.17, 15) is 18.8 Å². The maximum Gasteiger partial charge on any atom is 0.229 e. The molecule has 0 saturated carbocycles. The Hall–Kier alpha value is -3.02. The first-order valence-corrected chi connectivity index (χ1v) is 8.47. The number of halogens is 1. The summed E-state index contributed by atoms with van der Waals surface area (Å²) in [6.07, 6.45) is 0.452. The molecule has 1 fully saturated rings. The van der Waals surface area contributed by atoms with Gasteiger partial charge in [-0.05, 0) is 23.3 Å². The number of hydrogen-bond acceptors (Lipinski definition) is 3. The van der Waals surface area contributed by atoms with Crippen molar-refractivity contribution < 1.29 is 18.8 Å². The lowest BCUT2D eigenvalue weighted by Gasteiger charge is -2.21. The molecule has 1 heterocycles. The van der Waals surface area contributed by atoms with Gasteiger partial charge in [0.25, 0.3) is 0 Å². The van der Waals surface area contributed by atoms with E-state index in [1.165, 1.54) is 12.1 Å². The summed E-state index contributed by atoms with van der Waals surface area (Å²) in [7, 11) is 0. The molecule has 2 aromatic carbocycles. The van der Waals surface area contributed by atoms with Crippen molar-refractivity contribution in [1.29, 1.82) is 0 Å². The third-order valence-electron chi connectivity index (χ3n) is 4.36. The molecule has 3 rings (SSSR count). The lowest BCUT2D eigenvalue weighted by molar-refractivity contribution is -0.138. The molecule has 0 aliphatic carbocycles. The first-order valence-electron chi connectivity index (χ1n) is 8.47. The van der Waals surface area contributed by atoms with Gasteiger partial charge in [-0.15, -0.1) is 0 Å². The van der Waals surface area contributed by atoms with Gasteiger partial charge in [-0.3, -0.25) is 19.3 Å². The van der Waals surface area contributed by atoms with Crippen LogP contribution in [0.25, 0.3) is 0 Å². The highest BCUT2D eigenvalue weighted by atomic mass is 19.1. The van der Waals surface area contributed by atoms with E-state index in [-0.39, 0.29) is 49.3 Å². The summed E-state index contributed by atoms with van der Waals surface area (Å²) in [4.78, 5) is 36.8. The summed E-state index contributed by atoms with van der Waals surface area (Å²) in [6, 6.07) is 14.9. The Bertz CT molecular complexity index is 790. The molecule has 1 saturated heterocycles. The highest BCUT2D eigenvalue weighted by Gasteiger charge is 2.29. The Balaban J connectivity index is 1.71. The van der Waals surface area contributed by atoms with Gasteiger partial charge in [-0.25, -0.2) is 4.39 Å². The molecular weight excluding hydrogens is 335 g/mol. The van der Waals surface area contributed by atoms with Crippen molar-refractivity contribution in [2.75, 3.05) is 6.54 Å². The van der Waals surface area contributed by atoms with E-state index < -0.39 is 6.04 Å². The van der Waals surface area contributed by atoms with Crippen LogP contribution in [-0.2, 0) is 14.4 Å². The molecule has 1 aliphatic rings. The van der Waals surface area contributed by atoms with Crippen LogP contribution in [0.1, 0.15) is 36.4 Å². The minimum atomic E-state index is -0.436. The van der Waals surface area contributed by atoms with Gasteiger partial charge in [0.1, 0.15) is 5.82 Å². The normalized spacial score (nSPS) is 15.2. The lowest BCUT2D eigenvalue weighted by atomic mass is 9.98. The number of imide groups is 1. The molecule has 1 aliphatic heterocycles. The molecule has 3 amide bonds. The van der Waals surface area contributed by atoms with Crippen LogP contribution in [0.15, 0.2) is 54.6 Å². The second-order valence-corrected chi connectivity index (χ2v) is 6.15. The number of rotatable bonds is 6. The van der Waals surface area contributed by atoms with Gasteiger partial charge in [0.2, 0.25) is 17.7 Å². The number of hydrogen-bond donors (Lipinski definition) is 1. The molecule has 0 radical (unpaired) electrons. The van der Waals surface area contributed by atoms with Crippen molar-refractivity contribution in [3.05, 3.63) is 71.5 Å². The molecule has 134 valence electrons. The van der Waals surface area contributed by atoms with E-state index in [1.54, 1.807) is 12.1 Å². The maximum absolute atomic E-state index is 13.2. The maximum atomic E-state index is 13.2. The second kappa shape index (κ2) is 7.91. The zero-order valence-electron chi connectivity index (χ0n) is 14.2. The van der Waals surface area contributed by atoms with Gasteiger partial charge in [0.05, 0.1) is 6.04 Å². The van der Waals surface area contributed by atoms with Crippen LogP contribution in [0.4, 0.5) is 4.39 Å². The first-order chi connectivity index (χ1) is 12.5. The number of amides is 3. The Morgan fingerprint density at radius 3 is 2.15 bits per heavy atom. The number of benzene rings is 2. The highest BCUT2D eigenvalue weighted by molar-refractivity contribution is 6.02. The Morgan fingerprint density at radius 2 is 1.54 bits per heavy atom. The standard InChI is InChI=1S/C20H19FN2O3/c21-16-8-6-15(7-9-16)20(14-4-2-1-3-5-14)22-17(24)12-13-23-18(25)10-11-19(23)26/h1-9,20H,10-13H2,(H,22,24). The van der Waals surface area contributed by atoms with Crippen molar-refractivity contribution in [1.82, 2.24) is 10.2 Å². The number of likely N-dealkylation sites (tertiary alicyclic amines) is 1. The topological polar surface area (TPSA) is 66.5 Å². The molecule has 6 heteroatoms. The molecule has 1 N–H and O–H groups in total. The van der Waals surface area contributed by atoms with Crippen LogP contribution in [0, 0.1) is 5.82 Å². The van der Waals surface area contributed by atoms with Crippen molar-refractivity contribution >= 4 is 17.7 Å². The molecule has 0 spiro atoms. The smallest absolute Gasteiger partial charge is 0.229 e. The van der Waals surface area contributed by atoms with E-state index in [1.807, 2.05) is 30.3 Å². The van der Waals surface area contributed by atoms with Crippen molar-refractivity contribution in [3.63, 3.8) is 0 Å². The third kappa shape index (κ3) is 4.14. The Kier molecular flexibility index (Phi) is 5.41. The van der Waals surface area contributed by atoms with Crippen LogP contribution in [0.3, 0.4) is 0 Å². The first kappa shape index (κ1) is 17.8. The minimum absolute atomic E-state index is 0.0298. The monoisotopic (exact) mass is 354 g/mol. The fraction of sp³-hybridized carbons (Fsp3) is 0.250. The average Bonchev–Trinajstić information content (AvgIpc) is 2.97. The number of nitrogens with one attached hydrogen (secondary N) is 1. The largest absolute Gasteiger partial charge is 0.345 e. The minimum Gasteiger partial charge on any atom is -0.345 e. The zero-order valence-corrected chi connectivity index (χ0v) is 14.2. The molecule has 0 bridgehead atoms. The van der Waals surface area contributed by atoms with Gasteiger partial charge in [0.15, 0.2) is 0 Å². The van der Waals surface area contributed by atoms with Crippen LogP contribution in [-0.4, -0.2) is 29.2 Å². The van der Waals surface area contributed by atoms with Gasteiger partial charge in [-0.2, -0.15) is 0 Å². The van der Waals surface area contributed by atoms with E-state index in [4.69, 9.17) is 0 Å². The van der Waals surface area contributed by atoms with Crippen LogP contribution < -0.4 is 5.32 Å². The van der Waals surface area contributed by atoms with E-state index in [0.29, 0.717) is 0 Å². The fourth-order valence-corrected chi connectivity index (χ4v) is 2.98. The van der Waals surface area contributed by atoms with Gasteiger partial charge >= 0.3 is 0 Å². The molecule has 2 aromatic rings. The summed E-state index contributed by atoms with van der Waals surface area (Å²) >= 11 is 0. The Labute approximate surface area is 150 Å². The summed E-state index contributed by atoms with van der Waals surface area (Å²) < 4.78 is 13.2. The Morgan fingerprint density at radius 1 is 0.962 bits per heavy atom. The molecule has 5 nitrogen and oxygen atoms in total. The van der Waals surface area contributed by atoms with Crippen molar-refractivity contribution in [3.8, 4) is 0 Å². The van der Waals surface area contributed by atoms with Gasteiger partial charge < -0.3 is 5.32 Å². The van der Waals surface area contributed by atoms with Gasteiger partial charge in [0, 0.05) is 25.8 Å². The van der Waals surface area contributed by atoms with Crippen LogP contribution >= 0.6 is 0 Å². The summed E-state index contributed by atoms with van der Waals surface area (Å²) in [6.45, 7) is 0.0778. The molecule has 26 heavy (non-hydrogen) atoms. The second-order valence-electron chi connectivity index (χ2n) is 6.15. The van der Waals surface area contributed by atoms with E-state index in [0.717, 1.165) is 16.0 Å². The zero-order chi connectivity index (χ0) is 18.5. The van der Waals surface area contributed by atoms with E-state index >= 15 is 0 Å². The van der Waals surface area contributed by atoms with E-state index in [2.05, 4.69) is 5.32 Å². The molecule has 0 aromatic heterocycles. The average molecular weight is 354 g/mol.